The number of anilines is 1. The summed E-state index contributed by atoms with van der Waals surface area (Å²) in [6.07, 6.45) is 0.240. The number of hydrogen-bond acceptors (Lipinski definition) is 7. The van der Waals surface area contributed by atoms with Crippen molar-refractivity contribution in [2.24, 2.45) is 0 Å². The minimum absolute atomic E-state index is 0.0698. The molecule has 0 bridgehead atoms. The van der Waals surface area contributed by atoms with Crippen molar-refractivity contribution in [3.63, 3.8) is 0 Å². The number of thioether (sulfide) groups is 1. The third-order valence-corrected chi connectivity index (χ3v) is 7.42. The van der Waals surface area contributed by atoms with E-state index in [0.717, 1.165) is 21.7 Å². The fraction of sp³-hybridized carbons (Fsp3) is 0.259. The summed E-state index contributed by atoms with van der Waals surface area (Å²) in [5.74, 6) is 2.23. The van der Waals surface area contributed by atoms with Crippen LogP contribution >= 0.6 is 11.8 Å². The second-order valence-corrected chi connectivity index (χ2v) is 9.58. The van der Waals surface area contributed by atoms with Crippen molar-refractivity contribution in [2.45, 2.75) is 23.1 Å². The molecule has 9 heteroatoms. The zero-order valence-corrected chi connectivity index (χ0v) is 20.8. The van der Waals surface area contributed by atoms with Gasteiger partial charge in [0, 0.05) is 23.1 Å². The van der Waals surface area contributed by atoms with Gasteiger partial charge in [-0.15, -0.1) is 11.8 Å². The van der Waals surface area contributed by atoms with Crippen LogP contribution < -0.4 is 29.2 Å². The molecule has 8 nitrogen and oxygen atoms in total. The minimum atomic E-state index is -0.245. The number of carbonyl (C=O) groups excluding carboxylic acids is 2. The molecule has 0 aromatic heterocycles. The van der Waals surface area contributed by atoms with Crippen LogP contribution in [0.3, 0.4) is 0 Å². The Balaban J connectivity index is 1.32. The summed E-state index contributed by atoms with van der Waals surface area (Å²) < 4.78 is 21.5. The maximum absolute atomic E-state index is 13.4. The molecule has 2 aliphatic heterocycles. The number of fused-ring (bicyclic) bond motifs is 2. The number of amides is 2. The van der Waals surface area contributed by atoms with Crippen LogP contribution in [0.15, 0.2) is 65.6 Å². The van der Waals surface area contributed by atoms with Crippen molar-refractivity contribution < 1.29 is 28.5 Å². The second-order valence-electron chi connectivity index (χ2n) is 8.34. The van der Waals surface area contributed by atoms with Crippen molar-refractivity contribution in [1.82, 2.24) is 5.32 Å². The van der Waals surface area contributed by atoms with E-state index in [1.165, 1.54) is 0 Å². The van der Waals surface area contributed by atoms with E-state index >= 15 is 0 Å². The van der Waals surface area contributed by atoms with E-state index < -0.39 is 0 Å². The number of hydrogen-bond donors (Lipinski definition) is 1. The van der Waals surface area contributed by atoms with Crippen LogP contribution in [-0.2, 0) is 16.1 Å². The molecule has 1 N–H and O–H groups in total. The number of benzene rings is 3. The predicted molar refractivity (Wildman–Crippen MR) is 136 cm³/mol. The van der Waals surface area contributed by atoms with Crippen LogP contribution in [0.1, 0.15) is 22.8 Å². The molecule has 36 heavy (non-hydrogen) atoms. The molecule has 186 valence electrons. The molecule has 0 aliphatic carbocycles. The lowest BCUT2D eigenvalue weighted by Gasteiger charge is -2.22. The van der Waals surface area contributed by atoms with Crippen molar-refractivity contribution >= 4 is 29.3 Å². The normalized spacial score (nSPS) is 16.2. The van der Waals surface area contributed by atoms with Gasteiger partial charge in [-0.05, 0) is 47.5 Å². The van der Waals surface area contributed by atoms with Crippen LogP contribution in [0.25, 0.3) is 0 Å². The molecule has 3 aromatic rings. The van der Waals surface area contributed by atoms with Gasteiger partial charge in [0.1, 0.15) is 6.54 Å². The fourth-order valence-corrected chi connectivity index (χ4v) is 5.51. The van der Waals surface area contributed by atoms with Crippen LogP contribution in [0.2, 0.25) is 0 Å². The van der Waals surface area contributed by atoms with Crippen molar-refractivity contribution in [1.29, 1.82) is 0 Å². The molecule has 0 spiro atoms. The molecule has 5 rings (SSSR count). The lowest BCUT2D eigenvalue weighted by atomic mass is 10.1. The Bertz CT molecular complexity index is 1300. The molecule has 3 aromatic carbocycles. The molecule has 2 aliphatic rings. The molecular weight excluding hydrogens is 480 g/mol. The largest absolute Gasteiger partial charge is 0.493 e. The Morgan fingerprint density at radius 2 is 1.83 bits per heavy atom. The van der Waals surface area contributed by atoms with Gasteiger partial charge in [0.2, 0.25) is 18.6 Å². The van der Waals surface area contributed by atoms with Gasteiger partial charge in [-0.3, -0.25) is 9.59 Å². The number of nitrogens with zero attached hydrogens (tertiary/aromatic N) is 1. The molecule has 2 amide bonds. The highest BCUT2D eigenvalue weighted by atomic mass is 32.2. The Hall–Kier alpha value is -3.85. The Morgan fingerprint density at radius 3 is 2.67 bits per heavy atom. The lowest BCUT2D eigenvalue weighted by Crippen LogP contribution is -2.40. The first-order valence-corrected chi connectivity index (χ1v) is 12.4. The third kappa shape index (κ3) is 4.92. The van der Waals surface area contributed by atoms with E-state index in [0.29, 0.717) is 29.5 Å². The first-order chi connectivity index (χ1) is 17.6. The van der Waals surface area contributed by atoms with Gasteiger partial charge in [0.25, 0.3) is 0 Å². The van der Waals surface area contributed by atoms with Gasteiger partial charge >= 0.3 is 0 Å². The van der Waals surface area contributed by atoms with Crippen LogP contribution in [0, 0.1) is 0 Å². The molecular formula is C27H26N2O6S. The first kappa shape index (κ1) is 23.9. The van der Waals surface area contributed by atoms with Crippen LogP contribution in [0.4, 0.5) is 5.69 Å². The van der Waals surface area contributed by atoms with Gasteiger partial charge in [-0.2, -0.15) is 0 Å². The van der Waals surface area contributed by atoms with Gasteiger partial charge in [-0.25, -0.2) is 0 Å². The monoisotopic (exact) mass is 506 g/mol. The zero-order valence-electron chi connectivity index (χ0n) is 20.0. The van der Waals surface area contributed by atoms with E-state index in [1.807, 2.05) is 60.7 Å². The fourth-order valence-electron chi connectivity index (χ4n) is 4.24. The number of carbonyl (C=O) groups is 2. The molecule has 1 atom stereocenters. The van der Waals surface area contributed by atoms with Gasteiger partial charge < -0.3 is 29.2 Å². The maximum Gasteiger partial charge on any atom is 0.240 e. The van der Waals surface area contributed by atoms with Crippen molar-refractivity contribution in [3.05, 3.63) is 71.8 Å². The summed E-state index contributed by atoms with van der Waals surface area (Å²) in [4.78, 5) is 28.8. The summed E-state index contributed by atoms with van der Waals surface area (Å²) in [6.45, 7) is 0.450. The SMILES string of the molecule is COc1ccc(C2CC(=O)N(CC(=O)NCc3ccc4c(c3)OCO4)c3ccccc3S2)cc1OC. The quantitative estimate of drug-likeness (QED) is 0.511. The van der Waals surface area contributed by atoms with E-state index in [1.54, 1.807) is 30.9 Å². The van der Waals surface area contributed by atoms with E-state index in [2.05, 4.69) is 5.32 Å². The predicted octanol–water partition coefficient (Wildman–Crippen LogP) is 4.32. The van der Waals surface area contributed by atoms with Crippen LogP contribution in [-0.4, -0.2) is 39.4 Å². The molecule has 0 fully saturated rings. The van der Waals surface area contributed by atoms with Gasteiger partial charge in [-0.1, -0.05) is 24.3 Å². The Labute approximate surface area is 213 Å². The lowest BCUT2D eigenvalue weighted by molar-refractivity contribution is -0.124. The highest BCUT2D eigenvalue weighted by Crippen LogP contribution is 2.46. The molecule has 0 saturated heterocycles. The highest BCUT2D eigenvalue weighted by molar-refractivity contribution is 7.99. The first-order valence-electron chi connectivity index (χ1n) is 11.5. The average molecular weight is 507 g/mol. The van der Waals surface area contributed by atoms with E-state index in [4.69, 9.17) is 18.9 Å². The van der Waals surface area contributed by atoms with Crippen molar-refractivity contribution in [3.8, 4) is 23.0 Å². The number of para-hydroxylation sites is 1. The summed E-state index contributed by atoms with van der Waals surface area (Å²) in [5, 5.41) is 2.77. The second kappa shape index (κ2) is 10.4. The highest BCUT2D eigenvalue weighted by Gasteiger charge is 2.31. The summed E-state index contributed by atoms with van der Waals surface area (Å²) in [6, 6.07) is 18.9. The number of nitrogens with one attached hydrogen (secondary N) is 1. The van der Waals surface area contributed by atoms with E-state index in [-0.39, 0.29) is 36.8 Å². The topological polar surface area (TPSA) is 86.3 Å². The number of rotatable bonds is 7. The van der Waals surface area contributed by atoms with Gasteiger partial charge in [0.05, 0.1) is 19.9 Å². The standard InChI is InChI=1S/C27H26N2O6S/c1-32-20-10-8-18(12-22(20)33-2)25-13-27(31)29(19-5-3-4-6-24(19)36-25)15-26(30)28-14-17-7-9-21-23(11-17)35-16-34-21/h3-12,25H,13-16H2,1-2H3,(H,28,30). The van der Waals surface area contributed by atoms with Crippen LogP contribution in [0.5, 0.6) is 23.0 Å². The maximum atomic E-state index is 13.4. The molecule has 0 radical (unpaired) electrons. The van der Waals surface area contributed by atoms with Gasteiger partial charge in [0.15, 0.2) is 23.0 Å². The number of ether oxygens (including phenoxy) is 4. The Kier molecular flexibility index (Phi) is 6.90. The summed E-state index contributed by atoms with van der Waals surface area (Å²) in [7, 11) is 3.18. The molecule has 0 saturated carbocycles. The zero-order chi connectivity index (χ0) is 25.1. The van der Waals surface area contributed by atoms with E-state index in [9.17, 15) is 9.59 Å². The number of methoxy groups -OCH3 is 2. The summed E-state index contributed by atoms with van der Waals surface area (Å²) >= 11 is 1.60. The third-order valence-electron chi connectivity index (χ3n) is 6.09. The minimum Gasteiger partial charge on any atom is -0.493 e. The summed E-state index contributed by atoms with van der Waals surface area (Å²) in [5.41, 5.74) is 2.57. The molecule has 2 heterocycles. The molecule has 1 unspecified atom stereocenters. The smallest absolute Gasteiger partial charge is 0.240 e. The Morgan fingerprint density at radius 1 is 1.03 bits per heavy atom. The average Bonchev–Trinajstić information content (AvgIpc) is 3.33. The van der Waals surface area contributed by atoms with Crippen molar-refractivity contribution in [2.75, 3.05) is 32.5 Å².